The average molecular weight is 654 g/mol. The van der Waals surface area contributed by atoms with Crippen LogP contribution >= 0.6 is 0 Å². The molecular weight excluding hydrogens is 623 g/mol. The third kappa shape index (κ3) is 5.91. The van der Waals surface area contributed by atoms with E-state index in [-0.39, 0.29) is 0 Å². The monoisotopic (exact) mass is 653 g/mol. The molecule has 0 saturated heterocycles. The van der Waals surface area contributed by atoms with Gasteiger partial charge < -0.3 is 0 Å². The van der Waals surface area contributed by atoms with Crippen LogP contribution in [0.15, 0.2) is 170 Å². The van der Waals surface area contributed by atoms with Crippen LogP contribution in [0.2, 0.25) is 0 Å². The molecule has 9 rings (SSSR count). The van der Waals surface area contributed by atoms with Gasteiger partial charge in [0.25, 0.3) is 0 Å². The Balaban J connectivity index is 1.18. The van der Waals surface area contributed by atoms with E-state index in [0.29, 0.717) is 5.82 Å². The second-order valence-corrected chi connectivity index (χ2v) is 12.6. The van der Waals surface area contributed by atoms with Crippen LogP contribution in [0.4, 0.5) is 0 Å². The Morgan fingerprint density at radius 2 is 0.980 bits per heavy atom. The maximum atomic E-state index is 5.20. The SMILES string of the molecule is Cc1ccc2ccc3c(-c4cccc(-c5cccc(-c6nc(-c7ccccc7)cc(-c7ccccn7)n6)c5)c4)cc(-c4ccccc4)nc3c2n1. The van der Waals surface area contributed by atoms with Gasteiger partial charge in [-0.1, -0.05) is 121 Å². The van der Waals surface area contributed by atoms with E-state index in [1.807, 2.05) is 55.5 Å². The molecule has 0 aliphatic rings. The predicted octanol–water partition coefficient (Wildman–Crippen LogP) is 11.3. The lowest BCUT2D eigenvalue weighted by molar-refractivity contribution is 1.16. The molecular formula is C46H31N5. The van der Waals surface area contributed by atoms with E-state index in [9.17, 15) is 0 Å². The number of pyridine rings is 3. The van der Waals surface area contributed by atoms with Gasteiger partial charge in [-0.3, -0.25) is 9.97 Å². The molecule has 0 amide bonds. The first kappa shape index (κ1) is 30.2. The number of fused-ring (bicyclic) bond motifs is 3. The number of hydrogen-bond acceptors (Lipinski definition) is 5. The topological polar surface area (TPSA) is 64.5 Å². The molecule has 51 heavy (non-hydrogen) atoms. The van der Waals surface area contributed by atoms with E-state index in [0.717, 1.165) is 89.2 Å². The number of aromatic nitrogens is 5. The molecule has 9 aromatic rings. The summed E-state index contributed by atoms with van der Waals surface area (Å²) in [7, 11) is 0. The zero-order valence-corrected chi connectivity index (χ0v) is 27.9. The summed E-state index contributed by atoms with van der Waals surface area (Å²) in [6, 6.07) is 56.3. The molecule has 0 saturated carbocycles. The highest BCUT2D eigenvalue weighted by molar-refractivity contribution is 6.09. The first-order valence-electron chi connectivity index (χ1n) is 17.0. The van der Waals surface area contributed by atoms with Gasteiger partial charge in [-0.05, 0) is 71.6 Å². The number of aryl methyl sites for hydroxylation is 1. The molecule has 0 aliphatic heterocycles. The van der Waals surface area contributed by atoms with Crippen molar-refractivity contribution >= 4 is 21.8 Å². The lowest BCUT2D eigenvalue weighted by Crippen LogP contribution is -1.97. The molecule has 4 aromatic heterocycles. The Bertz CT molecular complexity index is 2630. The number of benzene rings is 5. The van der Waals surface area contributed by atoms with Crippen LogP contribution in [-0.4, -0.2) is 24.9 Å². The number of rotatable bonds is 6. The highest BCUT2D eigenvalue weighted by atomic mass is 14.9. The van der Waals surface area contributed by atoms with E-state index in [1.54, 1.807) is 6.20 Å². The molecule has 240 valence electrons. The molecule has 0 N–H and O–H groups in total. The molecule has 0 aliphatic carbocycles. The molecule has 0 bridgehead atoms. The Kier molecular flexibility index (Phi) is 7.63. The summed E-state index contributed by atoms with van der Waals surface area (Å²) >= 11 is 0. The minimum absolute atomic E-state index is 0.650. The smallest absolute Gasteiger partial charge is 0.160 e. The van der Waals surface area contributed by atoms with Crippen molar-refractivity contribution in [3.05, 3.63) is 176 Å². The quantitative estimate of drug-likeness (QED) is 0.167. The van der Waals surface area contributed by atoms with Gasteiger partial charge in [0.05, 0.1) is 33.8 Å². The van der Waals surface area contributed by atoms with E-state index in [1.165, 1.54) is 0 Å². The van der Waals surface area contributed by atoms with Crippen molar-refractivity contribution in [2.45, 2.75) is 6.92 Å². The molecule has 0 spiro atoms. The van der Waals surface area contributed by atoms with Crippen LogP contribution in [-0.2, 0) is 0 Å². The summed E-state index contributed by atoms with van der Waals surface area (Å²) in [6.07, 6.45) is 1.79. The van der Waals surface area contributed by atoms with Gasteiger partial charge >= 0.3 is 0 Å². The van der Waals surface area contributed by atoms with Crippen molar-refractivity contribution in [2.75, 3.05) is 0 Å². The van der Waals surface area contributed by atoms with Gasteiger partial charge in [-0.25, -0.2) is 15.0 Å². The summed E-state index contributed by atoms with van der Waals surface area (Å²) in [6.45, 7) is 2.03. The molecule has 0 fully saturated rings. The first-order chi connectivity index (χ1) is 25.2. The molecule has 5 aromatic carbocycles. The second-order valence-electron chi connectivity index (χ2n) is 12.6. The third-order valence-electron chi connectivity index (χ3n) is 9.20. The zero-order valence-electron chi connectivity index (χ0n) is 27.9. The van der Waals surface area contributed by atoms with Crippen molar-refractivity contribution in [3.63, 3.8) is 0 Å². The summed E-state index contributed by atoms with van der Waals surface area (Å²) in [5, 5.41) is 2.14. The van der Waals surface area contributed by atoms with Crippen LogP contribution < -0.4 is 0 Å². The average Bonchev–Trinajstić information content (AvgIpc) is 3.21. The van der Waals surface area contributed by atoms with E-state index in [2.05, 4.69) is 120 Å². The maximum Gasteiger partial charge on any atom is 0.160 e. The molecule has 0 radical (unpaired) electrons. The van der Waals surface area contributed by atoms with Gasteiger partial charge in [-0.15, -0.1) is 0 Å². The number of hydrogen-bond donors (Lipinski definition) is 0. The summed E-state index contributed by atoms with van der Waals surface area (Å²) in [4.78, 5) is 24.8. The maximum absolute atomic E-state index is 5.20. The molecule has 5 heteroatoms. The van der Waals surface area contributed by atoms with Crippen LogP contribution in [0.5, 0.6) is 0 Å². The second kappa shape index (κ2) is 12.9. The van der Waals surface area contributed by atoms with Crippen molar-refractivity contribution in [1.82, 2.24) is 24.9 Å². The van der Waals surface area contributed by atoms with Crippen LogP contribution in [0.1, 0.15) is 5.69 Å². The standard InChI is InChI=1S/C46H31N5/c1-30-21-22-33-23-24-38-39(28-41(31-12-4-2-5-13-31)49-45(38)44(33)48-30)36-18-10-16-34(26-36)35-17-11-19-37(27-35)46-50-42(32-14-6-3-7-15-32)29-43(51-46)40-20-8-9-25-47-40/h2-29H,1H3. The Labute approximate surface area is 296 Å². The Morgan fingerprint density at radius 1 is 0.373 bits per heavy atom. The predicted molar refractivity (Wildman–Crippen MR) is 208 cm³/mol. The highest BCUT2D eigenvalue weighted by Gasteiger charge is 2.15. The lowest BCUT2D eigenvalue weighted by Gasteiger charge is -2.14. The number of nitrogens with zero attached hydrogens (tertiary/aromatic N) is 5. The van der Waals surface area contributed by atoms with Gasteiger partial charge in [0.2, 0.25) is 0 Å². The molecule has 0 unspecified atom stereocenters. The van der Waals surface area contributed by atoms with Gasteiger partial charge in [0, 0.05) is 39.4 Å². The fraction of sp³-hybridized carbons (Fsp3) is 0.0217. The van der Waals surface area contributed by atoms with Crippen LogP contribution in [0.3, 0.4) is 0 Å². The van der Waals surface area contributed by atoms with E-state index >= 15 is 0 Å². The summed E-state index contributed by atoms with van der Waals surface area (Å²) < 4.78 is 0. The third-order valence-corrected chi connectivity index (χ3v) is 9.20. The first-order valence-corrected chi connectivity index (χ1v) is 17.0. The van der Waals surface area contributed by atoms with Crippen molar-refractivity contribution in [1.29, 1.82) is 0 Å². The van der Waals surface area contributed by atoms with Crippen LogP contribution in [0.25, 0.3) is 89.4 Å². The van der Waals surface area contributed by atoms with E-state index in [4.69, 9.17) is 19.9 Å². The Hall–Kier alpha value is -6.85. The van der Waals surface area contributed by atoms with Gasteiger partial charge in [0.1, 0.15) is 0 Å². The molecule has 4 heterocycles. The summed E-state index contributed by atoms with van der Waals surface area (Å²) in [5.41, 5.74) is 13.6. The minimum atomic E-state index is 0.650. The lowest BCUT2D eigenvalue weighted by atomic mass is 9.94. The van der Waals surface area contributed by atoms with Crippen LogP contribution in [0, 0.1) is 6.92 Å². The largest absolute Gasteiger partial charge is 0.255 e. The molecule has 5 nitrogen and oxygen atoms in total. The zero-order chi connectivity index (χ0) is 34.1. The molecule has 0 atom stereocenters. The Morgan fingerprint density at radius 3 is 1.71 bits per heavy atom. The normalized spacial score (nSPS) is 11.2. The summed E-state index contributed by atoms with van der Waals surface area (Å²) in [5.74, 6) is 0.650. The van der Waals surface area contributed by atoms with Crippen molar-refractivity contribution in [3.8, 4) is 67.5 Å². The van der Waals surface area contributed by atoms with Crippen molar-refractivity contribution < 1.29 is 0 Å². The van der Waals surface area contributed by atoms with E-state index < -0.39 is 0 Å². The van der Waals surface area contributed by atoms with Gasteiger partial charge in [-0.2, -0.15) is 0 Å². The van der Waals surface area contributed by atoms with Gasteiger partial charge in [0.15, 0.2) is 5.82 Å². The minimum Gasteiger partial charge on any atom is -0.255 e. The van der Waals surface area contributed by atoms with Crippen molar-refractivity contribution in [2.24, 2.45) is 0 Å². The fourth-order valence-electron chi connectivity index (χ4n) is 6.65. The fourth-order valence-corrected chi connectivity index (χ4v) is 6.65. The highest BCUT2D eigenvalue weighted by Crippen LogP contribution is 2.37.